The third kappa shape index (κ3) is 5.65. The van der Waals surface area contributed by atoms with Gasteiger partial charge in [-0.05, 0) is 35.1 Å². The number of nitrogens with zero attached hydrogens (tertiary/aromatic N) is 1. The zero-order valence-electron chi connectivity index (χ0n) is 9.83. The van der Waals surface area contributed by atoms with Crippen molar-refractivity contribution in [2.45, 2.75) is 6.54 Å². The maximum Gasteiger partial charge on any atom is 0.169 e. The molecule has 0 spiro atoms. The van der Waals surface area contributed by atoms with Crippen molar-refractivity contribution < 1.29 is 9.15 Å². The van der Waals surface area contributed by atoms with E-state index in [9.17, 15) is 0 Å². The Balaban J connectivity index is 2.09. The predicted octanol–water partition coefficient (Wildman–Crippen LogP) is 1.71. The van der Waals surface area contributed by atoms with Gasteiger partial charge >= 0.3 is 0 Å². The van der Waals surface area contributed by atoms with Gasteiger partial charge < -0.3 is 14.5 Å². The van der Waals surface area contributed by atoms with Crippen molar-refractivity contribution in [3.63, 3.8) is 0 Å². The SMILES string of the molecule is COCCNCCN(C)Cc1ccc(Br)o1. The standard InChI is InChI=1S/C11H19BrN2O2/c1-14(7-5-13-6-8-15-2)9-10-3-4-11(12)16-10/h3-4,13H,5-9H2,1-2H3. The molecule has 0 aliphatic rings. The van der Waals surface area contributed by atoms with Crippen LogP contribution in [-0.2, 0) is 11.3 Å². The van der Waals surface area contributed by atoms with Crippen LogP contribution >= 0.6 is 15.9 Å². The Kier molecular flexibility index (Phi) is 6.71. The van der Waals surface area contributed by atoms with Gasteiger partial charge in [0.05, 0.1) is 13.2 Å². The van der Waals surface area contributed by atoms with Gasteiger partial charge in [-0.25, -0.2) is 0 Å². The van der Waals surface area contributed by atoms with Crippen LogP contribution in [0.4, 0.5) is 0 Å². The average Bonchev–Trinajstić information content (AvgIpc) is 2.63. The molecular weight excluding hydrogens is 272 g/mol. The van der Waals surface area contributed by atoms with Crippen LogP contribution in [0.15, 0.2) is 21.2 Å². The Bertz CT molecular complexity index is 291. The van der Waals surface area contributed by atoms with Crippen LogP contribution in [0.5, 0.6) is 0 Å². The van der Waals surface area contributed by atoms with Crippen molar-refractivity contribution in [1.29, 1.82) is 0 Å². The summed E-state index contributed by atoms with van der Waals surface area (Å²) in [4.78, 5) is 2.21. The zero-order valence-corrected chi connectivity index (χ0v) is 11.4. The van der Waals surface area contributed by atoms with E-state index in [1.54, 1.807) is 7.11 Å². The number of furan rings is 1. The Morgan fingerprint density at radius 3 is 2.88 bits per heavy atom. The van der Waals surface area contributed by atoms with E-state index < -0.39 is 0 Å². The average molecular weight is 291 g/mol. The van der Waals surface area contributed by atoms with Crippen LogP contribution in [0.3, 0.4) is 0 Å². The van der Waals surface area contributed by atoms with Crippen molar-refractivity contribution in [3.8, 4) is 0 Å². The fourth-order valence-electron chi connectivity index (χ4n) is 1.35. The lowest BCUT2D eigenvalue weighted by Gasteiger charge is -2.15. The highest BCUT2D eigenvalue weighted by Crippen LogP contribution is 2.14. The topological polar surface area (TPSA) is 37.6 Å². The number of nitrogens with one attached hydrogen (secondary N) is 1. The van der Waals surface area contributed by atoms with Crippen LogP contribution in [-0.4, -0.2) is 45.3 Å². The molecule has 0 saturated heterocycles. The summed E-state index contributed by atoms with van der Waals surface area (Å²) in [5, 5.41) is 3.30. The number of methoxy groups -OCH3 is 1. The Morgan fingerprint density at radius 1 is 1.44 bits per heavy atom. The molecule has 0 amide bonds. The summed E-state index contributed by atoms with van der Waals surface area (Å²) in [7, 11) is 3.79. The van der Waals surface area contributed by atoms with E-state index in [2.05, 4.69) is 33.2 Å². The lowest BCUT2D eigenvalue weighted by atomic mass is 10.4. The highest BCUT2D eigenvalue weighted by molar-refractivity contribution is 9.10. The number of rotatable bonds is 8. The molecule has 0 aliphatic carbocycles. The molecule has 0 fully saturated rings. The minimum Gasteiger partial charge on any atom is -0.453 e. The first-order chi connectivity index (χ1) is 7.72. The molecule has 1 heterocycles. The van der Waals surface area contributed by atoms with Crippen LogP contribution in [0, 0.1) is 0 Å². The molecule has 1 rings (SSSR count). The van der Waals surface area contributed by atoms with Gasteiger partial charge in [0.1, 0.15) is 5.76 Å². The maximum atomic E-state index is 5.43. The van der Waals surface area contributed by atoms with E-state index in [1.165, 1.54) is 0 Å². The molecule has 0 saturated carbocycles. The summed E-state index contributed by atoms with van der Waals surface area (Å²) in [6, 6.07) is 3.90. The normalized spacial score (nSPS) is 11.2. The van der Waals surface area contributed by atoms with Gasteiger partial charge in [-0.15, -0.1) is 0 Å². The summed E-state index contributed by atoms with van der Waals surface area (Å²) >= 11 is 3.29. The number of ether oxygens (including phenoxy) is 1. The molecule has 1 aromatic rings. The molecule has 16 heavy (non-hydrogen) atoms. The summed E-state index contributed by atoms with van der Waals surface area (Å²) < 4.78 is 11.2. The summed E-state index contributed by atoms with van der Waals surface area (Å²) in [5.41, 5.74) is 0. The fourth-order valence-corrected chi connectivity index (χ4v) is 1.69. The second-order valence-electron chi connectivity index (χ2n) is 3.69. The van der Waals surface area contributed by atoms with Gasteiger partial charge in [-0.1, -0.05) is 0 Å². The molecule has 1 N–H and O–H groups in total. The second-order valence-corrected chi connectivity index (χ2v) is 4.47. The quantitative estimate of drug-likeness (QED) is 0.740. The van der Waals surface area contributed by atoms with Crippen molar-refractivity contribution >= 4 is 15.9 Å². The van der Waals surface area contributed by atoms with Gasteiger partial charge in [0.2, 0.25) is 0 Å². The van der Waals surface area contributed by atoms with E-state index in [0.29, 0.717) is 0 Å². The molecule has 4 nitrogen and oxygen atoms in total. The van der Waals surface area contributed by atoms with E-state index in [-0.39, 0.29) is 0 Å². The minimum atomic E-state index is 0.759. The second kappa shape index (κ2) is 7.84. The number of hydrogen-bond acceptors (Lipinski definition) is 4. The smallest absolute Gasteiger partial charge is 0.169 e. The molecule has 0 radical (unpaired) electrons. The molecular formula is C11H19BrN2O2. The first kappa shape index (κ1) is 13.7. The Morgan fingerprint density at radius 2 is 2.25 bits per heavy atom. The minimum absolute atomic E-state index is 0.759. The van der Waals surface area contributed by atoms with E-state index in [0.717, 1.165) is 43.2 Å². The highest BCUT2D eigenvalue weighted by atomic mass is 79.9. The molecule has 92 valence electrons. The summed E-state index contributed by atoms with van der Waals surface area (Å²) in [5.74, 6) is 0.978. The van der Waals surface area contributed by atoms with Gasteiger partial charge in [0.15, 0.2) is 4.67 Å². The molecule has 0 bridgehead atoms. The van der Waals surface area contributed by atoms with Gasteiger partial charge in [0, 0.05) is 26.7 Å². The number of likely N-dealkylation sites (N-methyl/N-ethyl adjacent to an activating group) is 1. The fraction of sp³-hybridized carbons (Fsp3) is 0.636. The Hall–Kier alpha value is -0.360. The Labute approximate surface area is 105 Å². The van der Waals surface area contributed by atoms with Crippen LogP contribution in [0.2, 0.25) is 0 Å². The van der Waals surface area contributed by atoms with Gasteiger partial charge in [-0.3, -0.25) is 4.90 Å². The van der Waals surface area contributed by atoms with Crippen molar-refractivity contribution in [1.82, 2.24) is 10.2 Å². The number of hydrogen-bond donors (Lipinski definition) is 1. The first-order valence-corrected chi connectivity index (χ1v) is 6.14. The molecule has 0 aliphatic heterocycles. The lowest BCUT2D eigenvalue weighted by Crippen LogP contribution is -2.30. The molecule has 1 aromatic heterocycles. The van der Waals surface area contributed by atoms with Gasteiger partial charge in [0.25, 0.3) is 0 Å². The third-order valence-electron chi connectivity index (χ3n) is 2.21. The predicted molar refractivity (Wildman–Crippen MR) is 67.5 cm³/mol. The van der Waals surface area contributed by atoms with E-state index in [4.69, 9.17) is 9.15 Å². The largest absolute Gasteiger partial charge is 0.453 e. The van der Waals surface area contributed by atoms with E-state index >= 15 is 0 Å². The number of halogens is 1. The highest BCUT2D eigenvalue weighted by Gasteiger charge is 2.03. The lowest BCUT2D eigenvalue weighted by molar-refractivity contribution is 0.197. The molecule has 0 atom stereocenters. The van der Waals surface area contributed by atoms with Crippen molar-refractivity contribution in [3.05, 3.63) is 22.6 Å². The van der Waals surface area contributed by atoms with Crippen LogP contribution in [0.1, 0.15) is 5.76 Å². The maximum absolute atomic E-state index is 5.43. The van der Waals surface area contributed by atoms with E-state index in [1.807, 2.05) is 12.1 Å². The zero-order chi connectivity index (χ0) is 11.8. The van der Waals surface area contributed by atoms with Gasteiger partial charge in [-0.2, -0.15) is 0 Å². The first-order valence-electron chi connectivity index (χ1n) is 5.35. The third-order valence-corrected chi connectivity index (χ3v) is 2.63. The van der Waals surface area contributed by atoms with Crippen molar-refractivity contribution in [2.24, 2.45) is 0 Å². The molecule has 5 heteroatoms. The molecule has 0 aromatic carbocycles. The summed E-state index contributed by atoms with van der Waals surface area (Å²) in [6.07, 6.45) is 0. The molecule has 0 unspecified atom stereocenters. The van der Waals surface area contributed by atoms with Crippen molar-refractivity contribution in [2.75, 3.05) is 40.4 Å². The monoisotopic (exact) mass is 290 g/mol. The van der Waals surface area contributed by atoms with Crippen LogP contribution < -0.4 is 5.32 Å². The van der Waals surface area contributed by atoms with Crippen LogP contribution in [0.25, 0.3) is 0 Å². The summed E-state index contributed by atoms with van der Waals surface area (Å²) in [6.45, 7) is 4.44.